The summed E-state index contributed by atoms with van der Waals surface area (Å²) in [7, 11) is 1.77. The van der Waals surface area contributed by atoms with Crippen LogP contribution in [0.3, 0.4) is 0 Å². The number of amides is 5. The highest BCUT2D eigenvalue weighted by molar-refractivity contribution is 7.22. The number of aromatic nitrogens is 4. The number of ether oxygens (including phenoxy) is 7. The summed E-state index contributed by atoms with van der Waals surface area (Å²) in [5.74, 6) is -1.71. The van der Waals surface area contributed by atoms with Crippen molar-refractivity contribution in [2.45, 2.75) is 72.1 Å². The Morgan fingerprint density at radius 1 is 0.786 bits per heavy atom. The molecule has 24 heteroatoms. The molecule has 3 aromatic heterocycles. The summed E-state index contributed by atoms with van der Waals surface area (Å²) in [6.45, 7) is 13.7. The molecule has 0 saturated heterocycles. The molecular weight excluding hydrogens is 1100 g/mol. The van der Waals surface area contributed by atoms with Gasteiger partial charge < -0.3 is 53.4 Å². The number of anilines is 2. The smallest absolute Gasteiger partial charge is 0.355 e. The van der Waals surface area contributed by atoms with Crippen molar-refractivity contribution in [2.75, 3.05) is 129 Å². The van der Waals surface area contributed by atoms with Crippen molar-refractivity contribution < 1.29 is 67.0 Å². The van der Waals surface area contributed by atoms with Gasteiger partial charge in [0.05, 0.1) is 115 Å². The molecule has 2 aliphatic heterocycles. The minimum absolute atomic E-state index is 0.00482. The Hall–Kier alpha value is -7.03. The summed E-state index contributed by atoms with van der Waals surface area (Å²) in [6, 6.07) is 17.1. The number of rotatable bonds is 35. The first kappa shape index (κ1) is 63.0. The van der Waals surface area contributed by atoms with E-state index in [0.29, 0.717) is 146 Å². The van der Waals surface area contributed by atoms with Crippen molar-refractivity contribution in [1.29, 1.82) is 0 Å². The number of nitrogens with one attached hydrogen (secondary N) is 2. The van der Waals surface area contributed by atoms with Crippen LogP contribution in [-0.2, 0) is 71.8 Å². The second-order valence-electron chi connectivity index (χ2n) is 21.3. The number of aromatic carboxylic acids is 1. The lowest BCUT2D eigenvalue weighted by Gasteiger charge is -2.31. The number of carbonyl (C=O) groups excluding carboxylic acids is 5. The van der Waals surface area contributed by atoms with Gasteiger partial charge in [-0.05, 0) is 79.0 Å². The van der Waals surface area contributed by atoms with Crippen LogP contribution < -0.4 is 15.5 Å². The summed E-state index contributed by atoms with van der Waals surface area (Å²) in [4.78, 5) is 88.4. The first-order valence-electron chi connectivity index (χ1n) is 28.6. The molecule has 5 heterocycles. The van der Waals surface area contributed by atoms with Gasteiger partial charge in [-0.1, -0.05) is 49.4 Å². The number of hydrogen-bond acceptors (Lipinski definition) is 18. The van der Waals surface area contributed by atoms with E-state index in [2.05, 4.69) is 29.5 Å². The quantitative estimate of drug-likeness (QED) is 0.0330. The van der Waals surface area contributed by atoms with Crippen LogP contribution in [0.25, 0.3) is 21.3 Å². The van der Waals surface area contributed by atoms with Gasteiger partial charge in [0, 0.05) is 87.3 Å². The number of carboxylic acids is 1. The second-order valence-corrected chi connectivity index (χ2v) is 22.4. The number of nitrogens with zero attached hydrogens (tertiary/aromatic N) is 7. The van der Waals surface area contributed by atoms with Gasteiger partial charge in [0.25, 0.3) is 17.7 Å². The van der Waals surface area contributed by atoms with Crippen LogP contribution in [0.5, 0.6) is 0 Å². The third-order valence-corrected chi connectivity index (χ3v) is 16.0. The predicted octanol–water partition coefficient (Wildman–Crippen LogP) is 5.58. The number of carbonyl (C=O) groups is 6. The van der Waals surface area contributed by atoms with Gasteiger partial charge in [-0.25, -0.2) is 14.8 Å². The topological polar surface area (TPSA) is 265 Å². The zero-order chi connectivity index (χ0) is 59.4. The molecule has 0 spiro atoms. The van der Waals surface area contributed by atoms with E-state index in [1.165, 1.54) is 23.5 Å². The van der Waals surface area contributed by atoms with Gasteiger partial charge in [0.2, 0.25) is 11.8 Å². The number of thiazole rings is 1. The highest BCUT2D eigenvalue weighted by Crippen LogP contribution is 2.45. The first-order chi connectivity index (χ1) is 40.7. The van der Waals surface area contributed by atoms with Gasteiger partial charge in [-0.3, -0.25) is 38.9 Å². The van der Waals surface area contributed by atoms with Gasteiger partial charge in [-0.15, -0.1) is 0 Å². The molecule has 1 fully saturated rings. The molecule has 1 aliphatic carbocycles. The van der Waals surface area contributed by atoms with Crippen molar-refractivity contribution >= 4 is 68.0 Å². The Kier molecular flexibility index (Phi) is 23.4. The molecule has 3 N–H and O–H groups in total. The lowest BCUT2D eigenvalue weighted by Crippen LogP contribution is -2.35. The largest absolute Gasteiger partial charge is 0.476 e. The van der Waals surface area contributed by atoms with Gasteiger partial charge in [0.1, 0.15) is 5.82 Å². The molecule has 452 valence electrons. The molecule has 3 unspecified atom stereocenters. The van der Waals surface area contributed by atoms with Crippen LogP contribution in [0.15, 0.2) is 72.9 Å². The maximum absolute atomic E-state index is 13.7. The van der Waals surface area contributed by atoms with Crippen LogP contribution >= 0.6 is 11.3 Å². The molecule has 1 saturated carbocycles. The Morgan fingerprint density at radius 3 is 2.13 bits per heavy atom. The summed E-state index contributed by atoms with van der Waals surface area (Å²) in [6.07, 6.45) is 6.76. The molecular formula is C60H77N9O14S. The van der Waals surface area contributed by atoms with Gasteiger partial charge in [0.15, 0.2) is 10.8 Å². The number of likely N-dealkylation sites (N-methyl/N-ethyl adjacent to an activating group) is 1. The number of benzene rings is 2. The molecule has 3 aliphatic rings. The average Bonchev–Trinajstić information content (AvgIpc) is 3.49. The Balaban J connectivity index is 0.651. The van der Waals surface area contributed by atoms with Gasteiger partial charge in [-0.2, -0.15) is 5.10 Å². The number of hydrogen-bond donors (Lipinski definition) is 3. The summed E-state index contributed by atoms with van der Waals surface area (Å²) in [5.41, 5.74) is 5.13. The van der Waals surface area contributed by atoms with E-state index < -0.39 is 17.8 Å². The van der Waals surface area contributed by atoms with Crippen LogP contribution in [0.4, 0.5) is 10.9 Å². The fourth-order valence-electron chi connectivity index (χ4n) is 10.6. The lowest BCUT2D eigenvalue weighted by molar-refractivity contribution is -0.137. The third kappa shape index (κ3) is 17.8. The van der Waals surface area contributed by atoms with E-state index in [-0.39, 0.29) is 66.8 Å². The van der Waals surface area contributed by atoms with Crippen LogP contribution in [0.1, 0.15) is 77.2 Å². The highest BCUT2D eigenvalue weighted by Gasteiger charge is 2.41. The molecule has 84 heavy (non-hydrogen) atoms. The lowest BCUT2D eigenvalue weighted by atomic mass is 9.87. The SMILES string of the molecule is Cc1c(-c2ccc(N3CCc4cccc(C(=O)Nc5nc6ccccc6s5)c4C3)nc2C(=O)O)cnn1CC1(C)CC(C)C(OCCN(C)C(=O)CCOCCOCCOCCOCCOCCOCCNC(=O)CCN2C(=O)C=CC2=O)C1. The molecule has 8 rings (SSSR count). The number of imide groups is 1. The Bertz CT molecular complexity index is 3040. The van der Waals surface area contributed by atoms with E-state index in [1.54, 1.807) is 18.1 Å². The predicted molar refractivity (Wildman–Crippen MR) is 313 cm³/mol. The minimum Gasteiger partial charge on any atom is -0.476 e. The Morgan fingerprint density at radius 2 is 1.45 bits per heavy atom. The monoisotopic (exact) mass is 1180 g/mol. The van der Waals surface area contributed by atoms with Crippen LogP contribution in [0.2, 0.25) is 0 Å². The molecule has 0 bridgehead atoms. The fraction of sp³-hybridized carbons (Fsp3) is 0.517. The summed E-state index contributed by atoms with van der Waals surface area (Å²) in [5, 5.41) is 21.5. The molecule has 5 amide bonds. The standard InChI is InChI=1S/C60H77N9O14S/c1-41-36-60(3,37-49(41)83-25-22-66(4)53(71)18-23-77-26-28-79-30-32-81-34-35-82-33-31-80-29-27-78-24-19-61-52(70)17-21-68-54(72)14-15-55(68)73)40-69-42(2)46(38-62-69)44-12-13-51(64-56(44)58(75)76)67-20-16-43-8-7-9-45(47(43)39-67)57(74)65-59-63-48-10-5-6-11-50(48)84-59/h5-15,38,41,49H,16-37,39-40H2,1-4H3,(H,61,70)(H,75,76)(H,63,65,74). The first-order valence-corrected chi connectivity index (χ1v) is 29.4. The van der Waals surface area contributed by atoms with Crippen LogP contribution in [-0.4, -0.2) is 195 Å². The van der Waals surface area contributed by atoms with Crippen LogP contribution in [0, 0.1) is 18.3 Å². The van der Waals surface area contributed by atoms with E-state index in [1.807, 2.05) is 71.1 Å². The normalized spacial score (nSPS) is 17.6. The van der Waals surface area contributed by atoms with E-state index in [9.17, 15) is 33.9 Å². The fourth-order valence-corrected chi connectivity index (χ4v) is 11.4. The summed E-state index contributed by atoms with van der Waals surface area (Å²) >= 11 is 1.42. The van der Waals surface area contributed by atoms with Crippen molar-refractivity contribution in [3.05, 3.63) is 101 Å². The van der Waals surface area contributed by atoms with Gasteiger partial charge >= 0.3 is 5.97 Å². The van der Waals surface area contributed by atoms with E-state index in [0.717, 1.165) is 44.8 Å². The molecule has 2 aromatic carbocycles. The maximum Gasteiger partial charge on any atom is 0.355 e. The second kappa shape index (κ2) is 31.2. The number of fused-ring (bicyclic) bond motifs is 2. The Labute approximate surface area is 492 Å². The average molecular weight is 1180 g/mol. The maximum atomic E-state index is 13.7. The van der Waals surface area contributed by atoms with Crippen molar-refractivity contribution in [3.63, 3.8) is 0 Å². The number of carboxylic acid groups (broad SMARTS) is 1. The number of para-hydroxylation sites is 1. The minimum atomic E-state index is -1.14. The molecule has 5 aromatic rings. The van der Waals surface area contributed by atoms with E-state index >= 15 is 0 Å². The third-order valence-electron chi connectivity index (χ3n) is 15.0. The van der Waals surface area contributed by atoms with E-state index in [4.69, 9.17) is 43.2 Å². The molecule has 0 radical (unpaired) electrons. The zero-order valence-corrected chi connectivity index (χ0v) is 49.2. The number of pyridine rings is 1. The molecule has 23 nitrogen and oxygen atoms in total. The van der Waals surface area contributed by atoms with Crippen molar-refractivity contribution in [2.24, 2.45) is 11.3 Å². The highest BCUT2D eigenvalue weighted by atomic mass is 32.1. The molecule has 3 atom stereocenters. The summed E-state index contributed by atoms with van der Waals surface area (Å²) < 4.78 is 42.5. The van der Waals surface area contributed by atoms with Crippen molar-refractivity contribution in [1.82, 2.24) is 34.9 Å². The zero-order valence-electron chi connectivity index (χ0n) is 48.3. The van der Waals surface area contributed by atoms with Crippen molar-refractivity contribution in [3.8, 4) is 11.1 Å².